The van der Waals surface area contributed by atoms with E-state index in [4.69, 9.17) is 0 Å². The molecule has 0 aliphatic heterocycles. The fourth-order valence-corrected chi connectivity index (χ4v) is 1.85. The number of unbranched alkanes of at least 4 members (excludes halogenated alkanes) is 2. The quantitative estimate of drug-likeness (QED) is 0.619. The highest BCUT2D eigenvalue weighted by molar-refractivity contribution is 5.38. The Kier molecular flexibility index (Phi) is 4.19. The molecule has 0 aromatic heterocycles. The van der Waals surface area contributed by atoms with Crippen LogP contribution >= 0.6 is 0 Å². The summed E-state index contributed by atoms with van der Waals surface area (Å²) in [5.74, 6) is 0. The summed E-state index contributed by atoms with van der Waals surface area (Å²) in [7, 11) is 0. The molecule has 1 rings (SSSR count). The molecule has 0 unspecified atom stereocenters. The van der Waals surface area contributed by atoms with Gasteiger partial charge in [0.15, 0.2) is 0 Å². The molecule has 0 heteroatoms. The zero-order valence-corrected chi connectivity index (χ0v) is 9.98. The van der Waals surface area contributed by atoms with Crippen LogP contribution in [-0.2, 0) is 6.42 Å². The summed E-state index contributed by atoms with van der Waals surface area (Å²) in [6.07, 6.45) is 5.25. The van der Waals surface area contributed by atoms with E-state index in [1.54, 1.807) is 5.56 Å². The second kappa shape index (κ2) is 5.19. The van der Waals surface area contributed by atoms with Crippen molar-refractivity contribution in [2.75, 3.05) is 0 Å². The Hall–Kier alpha value is -0.780. The van der Waals surface area contributed by atoms with Gasteiger partial charge in [0, 0.05) is 0 Å². The summed E-state index contributed by atoms with van der Waals surface area (Å²) in [4.78, 5) is 0. The fraction of sp³-hybridized carbons (Fsp3) is 0.571. The van der Waals surface area contributed by atoms with Crippen LogP contribution in [0.3, 0.4) is 0 Å². The second-order valence-corrected chi connectivity index (χ2v) is 4.25. The lowest BCUT2D eigenvalue weighted by molar-refractivity contribution is 0.715. The Morgan fingerprint density at radius 2 is 1.64 bits per heavy atom. The molecule has 0 nitrogen and oxygen atoms in total. The summed E-state index contributed by atoms with van der Waals surface area (Å²) in [6.45, 7) is 8.93. The molecule has 0 aliphatic carbocycles. The van der Waals surface area contributed by atoms with Crippen LogP contribution in [0.4, 0.5) is 0 Å². The van der Waals surface area contributed by atoms with Gasteiger partial charge in [0.25, 0.3) is 0 Å². The zero-order chi connectivity index (χ0) is 10.6. The minimum absolute atomic E-state index is 1.25. The normalized spacial score (nSPS) is 10.6. The van der Waals surface area contributed by atoms with Crippen molar-refractivity contribution in [2.24, 2.45) is 0 Å². The van der Waals surface area contributed by atoms with E-state index in [2.05, 4.69) is 39.8 Å². The van der Waals surface area contributed by atoms with Gasteiger partial charge in [-0.05, 0) is 55.9 Å². The molecular formula is C14H22. The first kappa shape index (κ1) is 11.3. The van der Waals surface area contributed by atoms with Gasteiger partial charge in [-0.3, -0.25) is 0 Å². The van der Waals surface area contributed by atoms with Crippen molar-refractivity contribution < 1.29 is 0 Å². The minimum Gasteiger partial charge on any atom is -0.0654 e. The molecule has 0 saturated heterocycles. The Balaban J connectivity index is 2.73. The number of hydrogen-bond acceptors (Lipinski definition) is 0. The Morgan fingerprint density at radius 1 is 0.929 bits per heavy atom. The van der Waals surface area contributed by atoms with Crippen LogP contribution in [0.25, 0.3) is 0 Å². The molecule has 0 radical (unpaired) electrons. The van der Waals surface area contributed by atoms with Gasteiger partial charge < -0.3 is 0 Å². The average molecular weight is 190 g/mol. The maximum Gasteiger partial charge on any atom is -0.0276 e. The van der Waals surface area contributed by atoms with Gasteiger partial charge in [-0.2, -0.15) is 0 Å². The summed E-state index contributed by atoms with van der Waals surface area (Å²) in [5.41, 5.74) is 5.93. The first-order valence-corrected chi connectivity index (χ1v) is 5.72. The van der Waals surface area contributed by atoms with Crippen LogP contribution in [0, 0.1) is 20.8 Å². The Bertz CT molecular complexity index is 297. The van der Waals surface area contributed by atoms with Gasteiger partial charge in [-0.25, -0.2) is 0 Å². The van der Waals surface area contributed by atoms with Gasteiger partial charge in [-0.1, -0.05) is 31.9 Å². The highest BCUT2D eigenvalue weighted by Gasteiger charge is 2.02. The first-order chi connectivity index (χ1) is 6.66. The van der Waals surface area contributed by atoms with Crippen LogP contribution in [-0.4, -0.2) is 0 Å². The highest BCUT2D eigenvalue weighted by Crippen LogP contribution is 2.18. The van der Waals surface area contributed by atoms with Crippen molar-refractivity contribution in [2.45, 2.75) is 53.4 Å². The topological polar surface area (TPSA) is 0 Å². The molecule has 0 heterocycles. The second-order valence-electron chi connectivity index (χ2n) is 4.25. The van der Waals surface area contributed by atoms with E-state index in [-0.39, 0.29) is 0 Å². The van der Waals surface area contributed by atoms with E-state index in [0.29, 0.717) is 0 Å². The van der Waals surface area contributed by atoms with E-state index in [0.717, 1.165) is 0 Å². The van der Waals surface area contributed by atoms with Gasteiger partial charge in [0.2, 0.25) is 0 Å². The van der Waals surface area contributed by atoms with Crippen LogP contribution in [0.2, 0.25) is 0 Å². The number of rotatable bonds is 4. The average Bonchev–Trinajstić information content (AvgIpc) is 2.18. The Labute approximate surface area is 88.4 Å². The van der Waals surface area contributed by atoms with Gasteiger partial charge in [0.05, 0.1) is 0 Å². The third kappa shape index (κ3) is 2.60. The monoisotopic (exact) mass is 190 g/mol. The minimum atomic E-state index is 1.25. The summed E-state index contributed by atoms with van der Waals surface area (Å²) >= 11 is 0. The van der Waals surface area contributed by atoms with Crippen molar-refractivity contribution >= 4 is 0 Å². The molecule has 1 aromatic carbocycles. The SMILES string of the molecule is CCCCCc1ccc(C)c(C)c1C. The first-order valence-electron chi connectivity index (χ1n) is 5.72. The van der Waals surface area contributed by atoms with E-state index in [9.17, 15) is 0 Å². The zero-order valence-electron chi connectivity index (χ0n) is 9.98. The van der Waals surface area contributed by atoms with Gasteiger partial charge in [-0.15, -0.1) is 0 Å². The molecule has 0 saturated carbocycles. The molecule has 1 aromatic rings. The van der Waals surface area contributed by atoms with Crippen molar-refractivity contribution in [1.82, 2.24) is 0 Å². The van der Waals surface area contributed by atoms with Crippen molar-refractivity contribution in [3.63, 3.8) is 0 Å². The van der Waals surface area contributed by atoms with E-state index in [1.165, 1.54) is 42.4 Å². The maximum absolute atomic E-state index is 2.30. The van der Waals surface area contributed by atoms with Crippen LogP contribution in [0.15, 0.2) is 12.1 Å². The molecule has 0 fully saturated rings. The third-order valence-electron chi connectivity index (χ3n) is 3.22. The summed E-state index contributed by atoms with van der Waals surface area (Å²) < 4.78 is 0. The predicted molar refractivity (Wildman–Crippen MR) is 63.9 cm³/mol. The molecule has 0 spiro atoms. The number of hydrogen-bond donors (Lipinski definition) is 0. The summed E-state index contributed by atoms with van der Waals surface area (Å²) in [6, 6.07) is 4.55. The lowest BCUT2D eigenvalue weighted by Crippen LogP contribution is -1.94. The molecule has 0 amide bonds. The molecular weight excluding hydrogens is 168 g/mol. The highest BCUT2D eigenvalue weighted by atomic mass is 14.1. The van der Waals surface area contributed by atoms with Crippen LogP contribution < -0.4 is 0 Å². The maximum atomic E-state index is 2.30. The fourth-order valence-electron chi connectivity index (χ4n) is 1.85. The van der Waals surface area contributed by atoms with Crippen molar-refractivity contribution in [1.29, 1.82) is 0 Å². The van der Waals surface area contributed by atoms with Crippen LogP contribution in [0.5, 0.6) is 0 Å². The molecule has 78 valence electrons. The van der Waals surface area contributed by atoms with E-state index < -0.39 is 0 Å². The number of benzene rings is 1. The standard InChI is InChI=1S/C14H22/c1-5-6-7-8-14-10-9-11(2)12(3)13(14)4/h9-10H,5-8H2,1-4H3. The largest absolute Gasteiger partial charge is 0.0654 e. The Morgan fingerprint density at radius 3 is 2.29 bits per heavy atom. The number of aryl methyl sites for hydroxylation is 2. The molecule has 0 atom stereocenters. The van der Waals surface area contributed by atoms with Crippen molar-refractivity contribution in [3.05, 3.63) is 34.4 Å². The molecule has 14 heavy (non-hydrogen) atoms. The lowest BCUT2D eigenvalue weighted by Gasteiger charge is -2.10. The van der Waals surface area contributed by atoms with Crippen molar-refractivity contribution in [3.8, 4) is 0 Å². The predicted octanol–water partition coefficient (Wildman–Crippen LogP) is 4.34. The molecule has 0 bridgehead atoms. The van der Waals surface area contributed by atoms with Gasteiger partial charge in [0.1, 0.15) is 0 Å². The molecule has 0 aliphatic rings. The molecule has 0 N–H and O–H groups in total. The summed E-state index contributed by atoms with van der Waals surface area (Å²) in [5, 5.41) is 0. The van der Waals surface area contributed by atoms with Crippen LogP contribution in [0.1, 0.15) is 48.4 Å². The van der Waals surface area contributed by atoms with E-state index >= 15 is 0 Å². The smallest absolute Gasteiger partial charge is 0.0276 e. The van der Waals surface area contributed by atoms with Gasteiger partial charge >= 0.3 is 0 Å². The third-order valence-corrected chi connectivity index (χ3v) is 3.22. The lowest BCUT2D eigenvalue weighted by atomic mass is 9.95. The van der Waals surface area contributed by atoms with E-state index in [1.807, 2.05) is 0 Å².